The first-order valence-corrected chi connectivity index (χ1v) is 17.5. The summed E-state index contributed by atoms with van der Waals surface area (Å²) < 4.78 is 18.9. The molecule has 4 aromatic rings. The molecule has 3 aromatic carbocycles. The summed E-state index contributed by atoms with van der Waals surface area (Å²) >= 11 is 2.75. The highest BCUT2D eigenvalue weighted by molar-refractivity contribution is 8.00. The van der Waals surface area contributed by atoms with Gasteiger partial charge in [-0.1, -0.05) is 42.8 Å². The summed E-state index contributed by atoms with van der Waals surface area (Å²) in [6, 6.07) is 21.0. The van der Waals surface area contributed by atoms with Gasteiger partial charge in [-0.25, -0.2) is 9.18 Å². The van der Waals surface area contributed by atoms with E-state index in [0.717, 1.165) is 47.4 Å². The van der Waals surface area contributed by atoms with E-state index in [1.54, 1.807) is 62.4 Å². The predicted molar refractivity (Wildman–Crippen MR) is 189 cm³/mol. The Morgan fingerprint density at radius 3 is 2.44 bits per heavy atom. The smallest absolute Gasteiger partial charge is 0.341 e. The Labute approximate surface area is 287 Å². The van der Waals surface area contributed by atoms with E-state index >= 15 is 0 Å². The van der Waals surface area contributed by atoms with Crippen molar-refractivity contribution in [2.45, 2.75) is 56.1 Å². The molecule has 1 atom stereocenters. The summed E-state index contributed by atoms with van der Waals surface area (Å²) in [7, 11) is 0. The summed E-state index contributed by atoms with van der Waals surface area (Å²) in [6.07, 6.45) is 6.27. The number of thiophene rings is 1. The van der Waals surface area contributed by atoms with E-state index in [1.807, 2.05) is 6.07 Å². The van der Waals surface area contributed by atoms with Gasteiger partial charge in [0.2, 0.25) is 5.91 Å². The predicted octanol–water partition coefficient (Wildman–Crippen LogP) is 7.86. The van der Waals surface area contributed by atoms with Gasteiger partial charge in [0.05, 0.1) is 17.4 Å². The molecule has 0 radical (unpaired) electrons. The van der Waals surface area contributed by atoms with Gasteiger partial charge in [-0.3, -0.25) is 14.4 Å². The summed E-state index contributed by atoms with van der Waals surface area (Å²) in [5.74, 6) is -2.15. The van der Waals surface area contributed by atoms with Crippen LogP contribution in [0.5, 0.6) is 0 Å². The van der Waals surface area contributed by atoms with Gasteiger partial charge in [0.1, 0.15) is 16.5 Å². The van der Waals surface area contributed by atoms with Crippen LogP contribution in [0.2, 0.25) is 0 Å². The average Bonchev–Trinajstić information content (AvgIpc) is 3.25. The highest BCUT2D eigenvalue weighted by Crippen LogP contribution is 2.38. The first-order chi connectivity index (χ1) is 23.2. The lowest BCUT2D eigenvalue weighted by Crippen LogP contribution is -2.30. The molecule has 8 nitrogen and oxygen atoms in total. The van der Waals surface area contributed by atoms with Crippen LogP contribution in [0.4, 0.5) is 15.1 Å². The molecule has 0 saturated carbocycles. The highest BCUT2D eigenvalue weighted by atomic mass is 32.2. The molecule has 248 valence electrons. The molecular weight excluding hydrogens is 650 g/mol. The number of rotatable bonds is 11. The summed E-state index contributed by atoms with van der Waals surface area (Å²) in [4.78, 5) is 54.5. The van der Waals surface area contributed by atoms with Gasteiger partial charge in [0.25, 0.3) is 11.8 Å². The van der Waals surface area contributed by atoms with Crippen LogP contribution in [-0.4, -0.2) is 35.5 Å². The number of aryl methyl sites for hydroxylation is 1. The van der Waals surface area contributed by atoms with E-state index in [2.05, 4.69) is 16.0 Å². The van der Waals surface area contributed by atoms with Gasteiger partial charge in [-0.05, 0) is 99.2 Å². The van der Waals surface area contributed by atoms with Crippen molar-refractivity contribution in [2.24, 2.45) is 0 Å². The monoisotopic (exact) mass is 685 g/mol. The maximum Gasteiger partial charge on any atom is 0.341 e. The van der Waals surface area contributed by atoms with Crippen molar-refractivity contribution in [3.05, 3.63) is 118 Å². The largest absolute Gasteiger partial charge is 0.462 e. The molecule has 1 aliphatic carbocycles. The zero-order valence-corrected chi connectivity index (χ0v) is 28.3. The normalized spacial score (nSPS) is 13.4. The lowest BCUT2D eigenvalue weighted by molar-refractivity contribution is -0.115. The van der Waals surface area contributed by atoms with Crippen LogP contribution in [0.15, 0.2) is 89.5 Å². The number of anilines is 2. The van der Waals surface area contributed by atoms with Crippen molar-refractivity contribution in [1.82, 2.24) is 5.32 Å². The van der Waals surface area contributed by atoms with E-state index < -0.39 is 28.9 Å². The zero-order chi connectivity index (χ0) is 34.0. The first kappa shape index (κ1) is 34.6. The highest BCUT2D eigenvalue weighted by Gasteiger charge is 2.28. The number of halogens is 1. The molecule has 3 amide bonds. The van der Waals surface area contributed by atoms with Crippen LogP contribution < -0.4 is 16.0 Å². The molecule has 3 N–H and O–H groups in total. The molecule has 11 heteroatoms. The molecule has 0 spiro atoms. The fourth-order valence-electron chi connectivity index (χ4n) is 5.23. The Morgan fingerprint density at radius 1 is 0.938 bits per heavy atom. The van der Waals surface area contributed by atoms with Crippen LogP contribution in [-0.2, 0) is 27.2 Å². The van der Waals surface area contributed by atoms with Crippen molar-refractivity contribution in [2.75, 3.05) is 17.2 Å². The summed E-state index contributed by atoms with van der Waals surface area (Å²) in [5.41, 5.74) is 2.76. The van der Waals surface area contributed by atoms with E-state index in [-0.39, 0.29) is 18.2 Å². The Balaban J connectivity index is 1.29. The van der Waals surface area contributed by atoms with Crippen LogP contribution >= 0.6 is 23.1 Å². The number of fused-ring (bicyclic) bond motifs is 1. The van der Waals surface area contributed by atoms with Gasteiger partial charge >= 0.3 is 5.97 Å². The third-order valence-electron chi connectivity index (χ3n) is 7.62. The molecular formula is C37H36FN3O5S2. The molecule has 48 heavy (non-hydrogen) atoms. The molecule has 1 aromatic heterocycles. The number of carbonyl (C=O) groups is 4. The van der Waals surface area contributed by atoms with Crippen molar-refractivity contribution >= 4 is 63.6 Å². The Morgan fingerprint density at radius 2 is 1.69 bits per heavy atom. The van der Waals surface area contributed by atoms with Crippen molar-refractivity contribution in [3.63, 3.8) is 0 Å². The van der Waals surface area contributed by atoms with Crippen molar-refractivity contribution in [3.8, 4) is 0 Å². The minimum atomic E-state index is -0.583. The number of hydrogen-bond donors (Lipinski definition) is 3. The standard InChI is InChI=1S/C37H36FN3O5S2/c1-3-46-37(45)32-29-15-8-5-9-16-31(29)48-36(32)41-33(42)23(2)47-28-14-10-13-27(22-28)39-35(44)30(21-24-17-19-26(38)20-18-24)40-34(43)25-11-6-4-7-12-25/h4,6-7,10-14,17-23H,3,5,8-9,15-16H2,1-2H3,(H,39,44)(H,40,43)(H,41,42)/b30-21+. The summed E-state index contributed by atoms with van der Waals surface area (Å²) in [6.45, 7) is 3.79. The summed E-state index contributed by atoms with van der Waals surface area (Å²) in [5, 5.41) is 8.46. The second-order valence-electron chi connectivity index (χ2n) is 11.2. The molecule has 1 unspecified atom stereocenters. The van der Waals surface area contributed by atoms with E-state index in [1.165, 1.54) is 53.4 Å². The van der Waals surface area contributed by atoms with Gasteiger partial charge < -0.3 is 20.7 Å². The van der Waals surface area contributed by atoms with Crippen LogP contribution in [0.25, 0.3) is 6.08 Å². The lowest BCUT2D eigenvalue weighted by atomic mass is 10.1. The fraction of sp³-hybridized carbons (Fsp3) is 0.243. The minimum Gasteiger partial charge on any atom is -0.462 e. The third kappa shape index (κ3) is 8.99. The number of thioether (sulfide) groups is 1. The number of esters is 1. The molecule has 0 aliphatic heterocycles. The minimum absolute atomic E-state index is 0.0342. The topological polar surface area (TPSA) is 114 Å². The molecule has 1 heterocycles. The number of ether oxygens (including phenoxy) is 1. The maximum absolute atomic E-state index is 13.5. The lowest BCUT2D eigenvalue weighted by Gasteiger charge is -2.14. The molecule has 0 bridgehead atoms. The number of hydrogen-bond acceptors (Lipinski definition) is 7. The molecule has 0 fully saturated rings. The van der Waals surface area contributed by atoms with Crippen LogP contribution in [0.3, 0.4) is 0 Å². The number of benzene rings is 3. The fourth-order valence-corrected chi connectivity index (χ4v) is 7.44. The van der Waals surface area contributed by atoms with Gasteiger partial charge in [0.15, 0.2) is 0 Å². The van der Waals surface area contributed by atoms with Crippen molar-refractivity contribution < 1.29 is 28.3 Å². The van der Waals surface area contributed by atoms with E-state index in [4.69, 9.17) is 4.74 Å². The van der Waals surface area contributed by atoms with Crippen LogP contribution in [0, 0.1) is 5.82 Å². The second-order valence-corrected chi connectivity index (χ2v) is 13.7. The quantitative estimate of drug-likeness (QED) is 0.0641. The van der Waals surface area contributed by atoms with Gasteiger partial charge in [0, 0.05) is 21.0 Å². The molecule has 1 aliphatic rings. The van der Waals surface area contributed by atoms with Crippen LogP contribution in [0.1, 0.15) is 69.8 Å². The second kappa shape index (κ2) is 16.4. The van der Waals surface area contributed by atoms with Crippen molar-refractivity contribution in [1.29, 1.82) is 0 Å². The van der Waals surface area contributed by atoms with E-state index in [9.17, 15) is 23.6 Å². The SMILES string of the molecule is CCOC(=O)c1c(NC(=O)C(C)Sc2cccc(NC(=O)/C(=C\c3ccc(F)cc3)NC(=O)c3ccccc3)c2)sc2c1CCCCC2. The van der Waals surface area contributed by atoms with E-state index in [0.29, 0.717) is 27.4 Å². The number of carbonyl (C=O) groups excluding carboxylic acids is 4. The zero-order valence-electron chi connectivity index (χ0n) is 26.6. The Hall–Kier alpha value is -4.74. The Kier molecular flexibility index (Phi) is 11.8. The van der Waals surface area contributed by atoms with Gasteiger partial charge in [-0.15, -0.1) is 23.1 Å². The van der Waals surface area contributed by atoms with Gasteiger partial charge in [-0.2, -0.15) is 0 Å². The average molecular weight is 686 g/mol. The molecule has 0 saturated heterocycles. The first-order valence-electron chi connectivity index (χ1n) is 15.8. The maximum atomic E-state index is 13.5. The number of amides is 3. The third-order valence-corrected chi connectivity index (χ3v) is 9.92. The molecule has 5 rings (SSSR count). The number of nitrogens with one attached hydrogen (secondary N) is 3. The Bertz CT molecular complexity index is 1820.